The molecule has 1 amide bonds. The SMILES string of the molecule is CCC(=O)N[C@@H]1C=CC(Oc2ncnc(N)c2-c2ccc(Oc3ccccc3)cc2)=CC1. The molecule has 162 valence electrons. The number of nitrogens with zero attached hydrogens (tertiary/aromatic N) is 2. The number of hydrogen-bond acceptors (Lipinski definition) is 6. The van der Waals surface area contributed by atoms with Crippen molar-refractivity contribution in [3.8, 4) is 28.5 Å². The number of aromatic nitrogens is 2. The topological polar surface area (TPSA) is 99.4 Å². The van der Waals surface area contributed by atoms with E-state index in [0.717, 1.165) is 11.3 Å². The van der Waals surface area contributed by atoms with Gasteiger partial charge in [-0.2, -0.15) is 0 Å². The molecule has 1 aliphatic carbocycles. The standard InChI is InChI=1S/C25H24N4O3/c1-2-22(30)29-18-10-14-21(15-11-18)32-25-23(24(26)27-16-28-25)17-8-12-20(13-9-17)31-19-6-4-3-5-7-19/h3-10,12-16,18H,2,11H2,1H3,(H,29,30)(H2,26,27,28)/t18-/m1/s1. The quantitative estimate of drug-likeness (QED) is 0.569. The lowest BCUT2D eigenvalue weighted by atomic mass is 10.1. The number of anilines is 1. The average molecular weight is 428 g/mol. The summed E-state index contributed by atoms with van der Waals surface area (Å²) in [7, 11) is 0. The number of hydrogen-bond donors (Lipinski definition) is 2. The second-order valence-corrected chi connectivity index (χ2v) is 7.21. The first-order valence-electron chi connectivity index (χ1n) is 10.4. The third kappa shape index (κ3) is 5.13. The van der Waals surface area contributed by atoms with Crippen LogP contribution in [0.1, 0.15) is 19.8 Å². The molecule has 0 aliphatic heterocycles. The lowest BCUT2D eigenvalue weighted by molar-refractivity contribution is -0.121. The number of carbonyl (C=O) groups is 1. The Morgan fingerprint density at radius 2 is 1.81 bits per heavy atom. The maximum atomic E-state index is 11.6. The van der Waals surface area contributed by atoms with Crippen LogP contribution in [0, 0.1) is 0 Å². The number of amides is 1. The van der Waals surface area contributed by atoms with E-state index < -0.39 is 0 Å². The number of benzene rings is 2. The number of para-hydroxylation sites is 1. The number of rotatable bonds is 7. The van der Waals surface area contributed by atoms with Crippen LogP contribution in [0.5, 0.6) is 17.4 Å². The molecule has 4 rings (SSSR count). The van der Waals surface area contributed by atoms with Crippen LogP contribution in [-0.2, 0) is 4.79 Å². The Bertz CT molecular complexity index is 1140. The molecule has 0 fully saturated rings. The van der Waals surface area contributed by atoms with Gasteiger partial charge in [0, 0.05) is 6.42 Å². The highest BCUT2D eigenvalue weighted by atomic mass is 16.5. The van der Waals surface area contributed by atoms with E-state index in [-0.39, 0.29) is 11.9 Å². The molecule has 3 aromatic rings. The van der Waals surface area contributed by atoms with Crippen molar-refractivity contribution < 1.29 is 14.3 Å². The van der Waals surface area contributed by atoms with E-state index in [4.69, 9.17) is 15.2 Å². The second kappa shape index (κ2) is 9.78. The van der Waals surface area contributed by atoms with Gasteiger partial charge < -0.3 is 20.5 Å². The molecule has 7 heteroatoms. The van der Waals surface area contributed by atoms with E-state index in [9.17, 15) is 4.79 Å². The maximum absolute atomic E-state index is 11.6. The van der Waals surface area contributed by atoms with Crippen LogP contribution in [0.2, 0.25) is 0 Å². The minimum Gasteiger partial charge on any atom is -0.457 e. The summed E-state index contributed by atoms with van der Waals surface area (Å²) in [6.45, 7) is 1.83. The fraction of sp³-hybridized carbons (Fsp3) is 0.160. The van der Waals surface area contributed by atoms with Crippen LogP contribution < -0.4 is 20.5 Å². The maximum Gasteiger partial charge on any atom is 0.232 e. The Morgan fingerprint density at radius 3 is 2.50 bits per heavy atom. The van der Waals surface area contributed by atoms with Gasteiger partial charge in [0.25, 0.3) is 0 Å². The molecule has 2 aromatic carbocycles. The second-order valence-electron chi connectivity index (χ2n) is 7.21. The van der Waals surface area contributed by atoms with E-state index in [1.807, 2.05) is 79.7 Å². The van der Waals surface area contributed by atoms with Crippen molar-refractivity contribution in [2.24, 2.45) is 0 Å². The molecule has 1 aromatic heterocycles. The van der Waals surface area contributed by atoms with Crippen molar-refractivity contribution in [3.05, 3.63) is 84.9 Å². The Labute approximate surface area is 186 Å². The predicted octanol–water partition coefficient (Wildman–Crippen LogP) is 4.64. The van der Waals surface area contributed by atoms with Crippen LogP contribution in [0.25, 0.3) is 11.1 Å². The molecular weight excluding hydrogens is 404 g/mol. The minimum atomic E-state index is -0.0399. The van der Waals surface area contributed by atoms with E-state index >= 15 is 0 Å². The molecule has 0 spiro atoms. The summed E-state index contributed by atoms with van der Waals surface area (Å²) in [6.07, 6.45) is 8.11. The van der Waals surface area contributed by atoms with Crippen LogP contribution >= 0.6 is 0 Å². The monoisotopic (exact) mass is 428 g/mol. The van der Waals surface area contributed by atoms with Gasteiger partial charge in [-0.1, -0.05) is 43.3 Å². The van der Waals surface area contributed by atoms with E-state index in [0.29, 0.717) is 41.6 Å². The molecule has 0 saturated heterocycles. The van der Waals surface area contributed by atoms with E-state index in [1.54, 1.807) is 0 Å². The lowest BCUT2D eigenvalue weighted by Gasteiger charge is -2.18. The average Bonchev–Trinajstić information content (AvgIpc) is 2.82. The highest BCUT2D eigenvalue weighted by molar-refractivity contribution is 5.78. The zero-order chi connectivity index (χ0) is 22.3. The third-order valence-corrected chi connectivity index (χ3v) is 4.91. The van der Waals surface area contributed by atoms with Crippen molar-refractivity contribution >= 4 is 11.7 Å². The number of carbonyl (C=O) groups excluding carboxylic acids is 1. The van der Waals surface area contributed by atoms with Gasteiger partial charge in [-0.3, -0.25) is 4.79 Å². The molecule has 1 heterocycles. The van der Waals surface area contributed by atoms with Crippen LogP contribution in [0.3, 0.4) is 0 Å². The highest BCUT2D eigenvalue weighted by Gasteiger charge is 2.17. The Balaban J connectivity index is 1.50. The van der Waals surface area contributed by atoms with Crippen molar-refractivity contribution in [2.75, 3.05) is 5.73 Å². The van der Waals surface area contributed by atoms with Gasteiger partial charge in [0.15, 0.2) is 0 Å². The van der Waals surface area contributed by atoms with Crippen molar-refractivity contribution in [1.82, 2.24) is 15.3 Å². The smallest absolute Gasteiger partial charge is 0.232 e. The Kier molecular flexibility index (Phi) is 6.46. The Hall–Kier alpha value is -4.13. The first-order chi connectivity index (χ1) is 15.6. The number of ether oxygens (including phenoxy) is 2. The summed E-state index contributed by atoms with van der Waals surface area (Å²) in [6, 6.07) is 17.0. The van der Waals surface area contributed by atoms with Crippen molar-refractivity contribution in [3.63, 3.8) is 0 Å². The number of allylic oxidation sites excluding steroid dienone is 1. The molecule has 1 aliphatic rings. The normalized spacial score (nSPS) is 15.0. The molecule has 7 nitrogen and oxygen atoms in total. The van der Waals surface area contributed by atoms with Crippen LogP contribution in [0.15, 0.2) is 84.9 Å². The molecule has 0 saturated carbocycles. The zero-order valence-electron chi connectivity index (χ0n) is 17.7. The predicted molar refractivity (Wildman–Crippen MR) is 123 cm³/mol. The van der Waals surface area contributed by atoms with E-state index in [2.05, 4.69) is 15.3 Å². The fourth-order valence-electron chi connectivity index (χ4n) is 3.25. The first kappa shape index (κ1) is 21.1. The van der Waals surface area contributed by atoms with E-state index in [1.165, 1.54) is 6.33 Å². The summed E-state index contributed by atoms with van der Waals surface area (Å²) in [4.78, 5) is 20.0. The number of nitrogens with one attached hydrogen (secondary N) is 1. The van der Waals surface area contributed by atoms with Gasteiger partial charge in [-0.25, -0.2) is 9.97 Å². The molecule has 0 unspecified atom stereocenters. The molecule has 1 atom stereocenters. The molecule has 0 bridgehead atoms. The zero-order valence-corrected chi connectivity index (χ0v) is 17.7. The number of nitrogen functional groups attached to an aromatic ring is 1. The van der Waals surface area contributed by atoms with Crippen molar-refractivity contribution in [1.29, 1.82) is 0 Å². The van der Waals surface area contributed by atoms with Crippen LogP contribution in [-0.4, -0.2) is 21.9 Å². The van der Waals surface area contributed by atoms with Gasteiger partial charge in [0.1, 0.15) is 29.4 Å². The summed E-state index contributed by atoms with van der Waals surface area (Å²) in [5, 5.41) is 2.94. The van der Waals surface area contributed by atoms with Gasteiger partial charge >= 0.3 is 0 Å². The van der Waals surface area contributed by atoms with Crippen LogP contribution in [0.4, 0.5) is 5.82 Å². The molecule has 32 heavy (non-hydrogen) atoms. The van der Waals surface area contributed by atoms with Gasteiger partial charge in [0.2, 0.25) is 11.8 Å². The molecule has 0 radical (unpaired) electrons. The highest BCUT2D eigenvalue weighted by Crippen LogP contribution is 2.35. The lowest BCUT2D eigenvalue weighted by Crippen LogP contribution is -2.33. The van der Waals surface area contributed by atoms with Gasteiger partial charge in [-0.05, 0) is 48.4 Å². The molecular formula is C25H24N4O3. The summed E-state index contributed by atoms with van der Waals surface area (Å²) < 4.78 is 11.9. The van der Waals surface area contributed by atoms with Gasteiger partial charge in [-0.15, -0.1) is 0 Å². The summed E-state index contributed by atoms with van der Waals surface area (Å²) >= 11 is 0. The summed E-state index contributed by atoms with van der Waals surface area (Å²) in [5.41, 5.74) is 7.58. The van der Waals surface area contributed by atoms with Gasteiger partial charge in [0.05, 0.1) is 11.6 Å². The first-order valence-corrected chi connectivity index (χ1v) is 10.4. The largest absolute Gasteiger partial charge is 0.457 e. The number of nitrogens with two attached hydrogens (primary N) is 1. The molecule has 3 N–H and O–H groups in total. The third-order valence-electron chi connectivity index (χ3n) is 4.91. The minimum absolute atomic E-state index is 0.0166. The Morgan fingerprint density at radius 1 is 1.06 bits per heavy atom. The summed E-state index contributed by atoms with van der Waals surface area (Å²) in [5.74, 6) is 2.80. The fourth-order valence-corrected chi connectivity index (χ4v) is 3.25. The van der Waals surface area contributed by atoms with Crippen molar-refractivity contribution in [2.45, 2.75) is 25.8 Å².